The molecule has 1 N–H and O–H groups in total. The lowest BCUT2D eigenvalue weighted by Gasteiger charge is -2.18. The van der Waals surface area contributed by atoms with Crippen molar-refractivity contribution in [3.05, 3.63) is 108 Å². The molecular weight excluding hydrogens is 400 g/mol. The first-order valence-corrected chi connectivity index (χ1v) is 10.3. The van der Waals surface area contributed by atoms with Crippen molar-refractivity contribution in [3.63, 3.8) is 0 Å². The molecule has 0 aliphatic rings. The normalized spacial score (nSPS) is 10.6. The van der Waals surface area contributed by atoms with Gasteiger partial charge in [-0.2, -0.15) is 5.10 Å². The van der Waals surface area contributed by atoms with Crippen molar-refractivity contribution in [1.82, 2.24) is 20.0 Å². The van der Waals surface area contributed by atoms with Gasteiger partial charge in [-0.3, -0.25) is 9.59 Å². The van der Waals surface area contributed by atoms with Crippen LogP contribution in [0.4, 0.5) is 0 Å². The Balaban J connectivity index is 1.53. The number of amides is 2. The molecule has 3 aromatic carbocycles. The highest BCUT2D eigenvalue weighted by Crippen LogP contribution is 2.23. The van der Waals surface area contributed by atoms with E-state index in [1.165, 1.54) is 0 Å². The van der Waals surface area contributed by atoms with Gasteiger partial charge in [0.2, 0.25) is 0 Å². The van der Waals surface area contributed by atoms with E-state index in [0.717, 1.165) is 22.5 Å². The number of carbonyl (C=O) groups excluding carboxylic acids is 2. The first-order valence-electron chi connectivity index (χ1n) is 10.3. The number of aromatic nitrogens is 2. The van der Waals surface area contributed by atoms with E-state index < -0.39 is 0 Å². The van der Waals surface area contributed by atoms with Gasteiger partial charge in [0.1, 0.15) is 0 Å². The summed E-state index contributed by atoms with van der Waals surface area (Å²) in [7, 11) is 3.37. The molecule has 6 nitrogen and oxygen atoms in total. The Hall–Kier alpha value is -4.19. The molecule has 0 atom stereocenters. The second-order valence-electron chi connectivity index (χ2n) is 7.48. The molecule has 1 aromatic heterocycles. The zero-order valence-corrected chi connectivity index (χ0v) is 18.0. The highest BCUT2D eigenvalue weighted by Gasteiger charge is 2.15. The third-order valence-electron chi connectivity index (χ3n) is 5.26. The van der Waals surface area contributed by atoms with Crippen molar-refractivity contribution >= 4 is 11.8 Å². The highest BCUT2D eigenvalue weighted by atomic mass is 16.2. The monoisotopic (exact) mass is 424 g/mol. The van der Waals surface area contributed by atoms with E-state index in [9.17, 15) is 9.59 Å². The van der Waals surface area contributed by atoms with Gasteiger partial charge in [0.05, 0.1) is 17.6 Å². The van der Waals surface area contributed by atoms with Gasteiger partial charge in [0.15, 0.2) is 0 Å². The van der Waals surface area contributed by atoms with E-state index in [0.29, 0.717) is 17.7 Å². The third kappa shape index (κ3) is 4.44. The van der Waals surface area contributed by atoms with Crippen molar-refractivity contribution in [2.24, 2.45) is 0 Å². The minimum atomic E-state index is -0.133. The van der Waals surface area contributed by atoms with Crippen LogP contribution in [0, 0.1) is 0 Å². The van der Waals surface area contributed by atoms with Crippen LogP contribution in [0.1, 0.15) is 26.3 Å². The van der Waals surface area contributed by atoms with Crippen LogP contribution < -0.4 is 5.32 Å². The summed E-state index contributed by atoms with van der Waals surface area (Å²) in [6.07, 6.45) is 1.76. The first-order chi connectivity index (χ1) is 15.6. The zero-order valence-electron chi connectivity index (χ0n) is 18.0. The highest BCUT2D eigenvalue weighted by molar-refractivity contribution is 5.95. The van der Waals surface area contributed by atoms with Crippen LogP contribution in [0.2, 0.25) is 0 Å². The lowest BCUT2D eigenvalue weighted by molar-refractivity contribution is 0.0784. The van der Waals surface area contributed by atoms with E-state index in [4.69, 9.17) is 0 Å². The molecule has 4 aromatic rings. The molecular formula is C26H24N4O2. The van der Waals surface area contributed by atoms with E-state index >= 15 is 0 Å². The number of nitrogens with one attached hydrogen (secondary N) is 1. The fourth-order valence-electron chi connectivity index (χ4n) is 3.58. The summed E-state index contributed by atoms with van der Waals surface area (Å²) in [6.45, 7) is 0.439. The molecule has 6 heteroatoms. The standard InChI is InChI=1S/C26H24N4O2/c1-27-25(31)21-13-11-19(12-14-21)18-29(2)26(32)22-9-6-10-23(17-22)30-24(15-16-28-30)20-7-4-3-5-8-20/h3-17H,18H2,1-2H3,(H,27,31). The first kappa shape index (κ1) is 21.1. The van der Waals surface area contributed by atoms with Gasteiger partial charge in [-0.25, -0.2) is 4.68 Å². The summed E-state index contributed by atoms with van der Waals surface area (Å²) in [5, 5.41) is 7.07. The summed E-state index contributed by atoms with van der Waals surface area (Å²) in [5.74, 6) is -0.220. The molecule has 0 fully saturated rings. The molecule has 160 valence electrons. The lowest BCUT2D eigenvalue weighted by atomic mass is 10.1. The second kappa shape index (κ2) is 9.31. The van der Waals surface area contributed by atoms with Crippen molar-refractivity contribution in [2.75, 3.05) is 14.1 Å². The number of nitrogens with zero attached hydrogens (tertiary/aromatic N) is 3. The van der Waals surface area contributed by atoms with Gasteiger partial charge in [-0.15, -0.1) is 0 Å². The molecule has 0 aliphatic heterocycles. The summed E-state index contributed by atoms with van der Waals surface area (Å²) in [6, 6.07) is 26.7. The van der Waals surface area contributed by atoms with Crippen molar-refractivity contribution in [3.8, 4) is 16.9 Å². The number of hydrogen-bond acceptors (Lipinski definition) is 3. The van der Waals surface area contributed by atoms with Gasteiger partial charge in [0.25, 0.3) is 11.8 Å². The molecule has 2 amide bonds. The van der Waals surface area contributed by atoms with Crippen LogP contribution in [0.25, 0.3) is 16.9 Å². The smallest absolute Gasteiger partial charge is 0.253 e. The largest absolute Gasteiger partial charge is 0.355 e. The van der Waals surface area contributed by atoms with E-state index in [1.54, 1.807) is 37.3 Å². The fourth-order valence-corrected chi connectivity index (χ4v) is 3.58. The zero-order chi connectivity index (χ0) is 22.5. The van der Waals surface area contributed by atoms with Crippen LogP contribution in [-0.2, 0) is 6.54 Å². The summed E-state index contributed by atoms with van der Waals surface area (Å²) in [4.78, 5) is 26.4. The summed E-state index contributed by atoms with van der Waals surface area (Å²) >= 11 is 0. The molecule has 4 rings (SSSR count). The molecule has 1 heterocycles. The average Bonchev–Trinajstić information content (AvgIpc) is 3.34. The Morgan fingerprint density at radius 1 is 0.906 bits per heavy atom. The minimum absolute atomic E-state index is 0.0874. The number of carbonyl (C=O) groups is 2. The van der Waals surface area contributed by atoms with Gasteiger partial charge in [-0.05, 0) is 42.0 Å². The number of rotatable bonds is 6. The maximum absolute atomic E-state index is 13.1. The third-order valence-corrected chi connectivity index (χ3v) is 5.26. The van der Waals surface area contributed by atoms with Crippen LogP contribution >= 0.6 is 0 Å². The van der Waals surface area contributed by atoms with E-state index in [2.05, 4.69) is 10.4 Å². The van der Waals surface area contributed by atoms with Gasteiger partial charge < -0.3 is 10.2 Å². The Bertz CT molecular complexity index is 1230. The molecule has 0 saturated carbocycles. The van der Waals surface area contributed by atoms with E-state index in [1.807, 2.05) is 77.5 Å². The molecule has 0 aliphatic carbocycles. The molecule has 0 spiro atoms. The average molecular weight is 425 g/mol. The minimum Gasteiger partial charge on any atom is -0.355 e. The Kier molecular flexibility index (Phi) is 6.12. The Morgan fingerprint density at radius 3 is 2.38 bits per heavy atom. The SMILES string of the molecule is CNC(=O)c1ccc(CN(C)C(=O)c2cccc(-n3nccc3-c3ccccc3)c2)cc1. The molecule has 32 heavy (non-hydrogen) atoms. The van der Waals surface area contributed by atoms with Gasteiger partial charge in [0, 0.05) is 37.3 Å². The predicted molar refractivity (Wildman–Crippen MR) is 125 cm³/mol. The van der Waals surface area contributed by atoms with Gasteiger partial charge >= 0.3 is 0 Å². The van der Waals surface area contributed by atoms with Crippen LogP contribution in [0.5, 0.6) is 0 Å². The van der Waals surface area contributed by atoms with Crippen LogP contribution in [-0.4, -0.2) is 40.6 Å². The number of hydrogen-bond donors (Lipinski definition) is 1. The lowest BCUT2D eigenvalue weighted by Crippen LogP contribution is -2.26. The van der Waals surface area contributed by atoms with Gasteiger partial charge in [-0.1, -0.05) is 48.5 Å². The van der Waals surface area contributed by atoms with Crippen LogP contribution in [0.15, 0.2) is 91.1 Å². The second-order valence-corrected chi connectivity index (χ2v) is 7.48. The van der Waals surface area contributed by atoms with E-state index in [-0.39, 0.29) is 11.8 Å². The van der Waals surface area contributed by atoms with Crippen molar-refractivity contribution in [2.45, 2.75) is 6.54 Å². The fraction of sp³-hybridized carbons (Fsp3) is 0.115. The Labute approximate surface area is 187 Å². The van der Waals surface area contributed by atoms with Crippen molar-refractivity contribution in [1.29, 1.82) is 0 Å². The quantitative estimate of drug-likeness (QED) is 0.505. The van der Waals surface area contributed by atoms with Crippen molar-refractivity contribution < 1.29 is 9.59 Å². The molecule has 0 radical (unpaired) electrons. The molecule has 0 unspecified atom stereocenters. The summed E-state index contributed by atoms with van der Waals surface area (Å²) < 4.78 is 1.84. The molecule has 0 bridgehead atoms. The Morgan fingerprint density at radius 2 is 1.66 bits per heavy atom. The topological polar surface area (TPSA) is 67.2 Å². The molecule has 0 saturated heterocycles. The van der Waals surface area contributed by atoms with Crippen LogP contribution in [0.3, 0.4) is 0 Å². The number of benzene rings is 3. The maximum Gasteiger partial charge on any atom is 0.253 e. The maximum atomic E-state index is 13.1. The predicted octanol–water partition coefficient (Wildman–Crippen LogP) is 4.17. The summed E-state index contributed by atoms with van der Waals surface area (Å²) in [5.41, 5.74) is 4.96.